The van der Waals surface area contributed by atoms with E-state index >= 15 is 0 Å². The lowest BCUT2D eigenvalue weighted by Crippen LogP contribution is -2.27. The molecule has 122 valence electrons. The van der Waals surface area contributed by atoms with E-state index in [1.54, 1.807) is 0 Å². The average molecular weight is 321 g/mol. The second kappa shape index (κ2) is 5.67. The fourth-order valence-corrected chi connectivity index (χ4v) is 2.72. The highest BCUT2D eigenvalue weighted by Gasteiger charge is 2.20. The van der Waals surface area contributed by atoms with Gasteiger partial charge in [-0.25, -0.2) is 9.97 Å². The predicted molar refractivity (Wildman–Crippen MR) is 94.6 cm³/mol. The van der Waals surface area contributed by atoms with Crippen molar-refractivity contribution in [3.8, 4) is 22.8 Å². The average Bonchev–Trinajstić information content (AvgIpc) is 3.07. The van der Waals surface area contributed by atoms with Crippen LogP contribution in [0.25, 0.3) is 22.3 Å². The summed E-state index contributed by atoms with van der Waals surface area (Å²) in [6.07, 6.45) is 0. The lowest BCUT2D eigenvalue weighted by atomic mass is 10.1. The normalized spacial score (nSPS) is 12.8. The van der Waals surface area contributed by atoms with Gasteiger partial charge < -0.3 is 14.4 Å². The first-order valence-corrected chi connectivity index (χ1v) is 8.03. The Morgan fingerprint density at radius 3 is 2.42 bits per heavy atom. The highest BCUT2D eigenvalue weighted by atomic mass is 16.7. The van der Waals surface area contributed by atoms with Gasteiger partial charge in [0.2, 0.25) is 6.79 Å². The van der Waals surface area contributed by atoms with Gasteiger partial charge in [0.25, 0.3) is 0 Å². The van der Waals surface area contributed by atoms with Crippen LogP contribution in [0, 0.1) is 0 Å². The van der Waals surface area contributed by atoms with Crippen LogP contribution in [-0.2, 0) is 0 Å². The summed E-state index contributed by atoms with van der Waals surface area (Å²) in [5, 5.41) is 0. The van der Waals surface area contributed by atoms with Gasteiger partial charge in [-0.2, -0.15) is 0 Å². The highest BCUT2D eigenvalue weighted by Crippen LogP contribution is 2.38. The van der Waals surface area contributed by atoms with Crippen LogP contribution in [0.1, 0.15) is 13.8 Å². The van der Waals surface area contributed by atoms with Gasteiger partial charge in [0, 0.05) is 18.7 Å². The van der Waals surface area contributed by atoms with Gasteiger partial charge in [-0.3, -0.25) is 0 Å². The van der Waals surface area contributed by atoms with Crippen molar-refractivity contribution in [2.75, 3.05) is 18.7 Å². The highest BCUT2D eigenvalue weighted by molar-refractivity contribution is 5.84. The molecule has 4 rings (SSSR count). The molecule has 0 N–H and O–H groups in total. The maximum atomic E-state index is 5.51. The van der Waals surface area contributed by atoms with E-state index in [0.29, 0.717) is 6.04 Å². The Labute approximate surface area is 140 Å². The van der Waals surface area contributed by atoms with E-state index in [1.165, 1.54) is 0 Å². The van der Waals surface area contributed by atoms with E-state index in [4.69, 9.17) is 19.4 Å². The molecule has 0 amide bonds. The van der Waals surface area contributed by atoms with Crippen molar-refractivity contribution in [3.05, 3.63) is 42.5 Å². The Balaban J connectivity index is 1.93. The molecule has 3 aromatic rings. The Kier molecular flexibility index (Phi) is 3.49. The molecule has 1 aliphatic heterocycles. The molecule has 0 saturated carbocycles. The zero-order valence-corrected chi connectivity index (χ0v) is 14.0. The topological polar surface area (TPSA) is 47.5 Å². The number of para-hydroxylation sites is 2. The van der Waals surface area contributed by atoms with Gasteiger partial charge in [-0.15, -0.1) is 0 Å². The van der Waals surface area contributed by atoms with Crippen LogP contribution in [-0.4, -0.2) is 29.9 Å². The second-order valence-electron chi connectivity index (χ2n) is 6.16. The van der Waals surface area contributed by atoms with Crippen molar-refractivity contribution in [1.29, 1.82) is 0 Å². The summed E-state index contributed by atoms with van der Waals surface area (Å²) in [6, 6.07) is 14.1. The Morgan fingerprint density at radius 2 is 1.67 bits per heavy atom. The van der Waals surface area contributed by atoms with Crippen LogP contribution in [0.4, 0.5) is 5.82 Å². The van der Waals surface area contributed by atoms with E-state index in [2.05, 4.69) is 18.7 Å². The number of hydrogen-bond acceptors (Lipinski definition) is 5. The molecule has 0 radical (unpaired) electrons. The third kappa shape index (κ3) is 2.42. The first kappa shape index (κ1) is 14.8. The summed E-state index contributed by atoms with van der Waals surface area (Å²) in [5.74, 6) is 2.38. The van der Waals surface area contributed by atoms with E-state index in [0.717, 1.165) is 39.6 Å². The molecule has 5 heteroatoms. The minimum atomic E-state index is 0.265. The number of anilines is 1. The molecule has 2 aromatic carbocycles. The SMILES string of the molecule is CC(C)N(C)c1nc2ccccc2nc1-c1ccc2c(c1)OCO2. The molecule has 5 nitrogen and oxygen atoms in total. The summed E-state index contributed by atoms with van der Waals surface area (Å²) >= 11 is 0. The van der Waals surface area contributed by atoms with Crippen LogP contribution >= 0.6 is 0 Å². The third-order valence-electron chi connectivity index (χ3n) is 4.31. The quantitative estimate of drug-likeness (QED) is 0.733. The number of hydrogen-bond donors (Lipinski definition) is 0. The van der Waals surface area contributed by atoms with Gasteiger partial charge >= 0.3 is 0 Å². The zero-order valence-electron chi connectivity index (χ0n) is 14.0. The molecule has 2 heterocycles. The number of nitrogens with zero attached hydrogens (tertiary/aromatic N) is 3. The minimum absolute atomic E-state index is 0.265. The largest absolute Gasteiger partial charge is 0.454 e. The number of benzene rings is 2. The zero-order chi connectivity index (χ0) is 16.7. The van der Waals surface area contributed by atoms with Gasteiger partial charge in [0.1, 0.15) is 5.69 Å². The van der Waals surface area contributed by atoms with Gasteiger partial charge in [0.05, 0.1) is 11.0 Å². The maximum absolute atomic E-state index is 5.51. The van der Waals surface area contributed by atoms with Crippen LogP contribution in [0.2, 0.25) is 0 Å². The molecule has 0 bridgehead atoms. The summed E-state index contributed by atoms with van der Waals surface area (Å²) in [4.78, 5) is 11.9. The van der Waals surface area contributed by atoms with Crippen molar-refractivity contribution in [3.63, 3.8) is 0 Å². The number of aromatic nitrogens is 2. The van der Waals surface area contributed by atoms with Crippen LogP contribution < -0.4 is 14.4 Å². The molecular formula is C19H19N3O2. The molecule has 24 heavy (non-hydrogen) atoms. The fourth-order valence-electron chi connectivity index (χ4n) is 2.72. The Bertz CT molecular complexity index is 908. The van der Waals surface area contributed by atoms with Crippen LogP contribution in [0.5, 0.6) is 11.5 Å². The fraction of sp³-hybridized carbons (Fsp3) is 0.263. The third-order valence-corrected chi connectivity index (χ3v) is 4.31. The Morgan fingerprint density at radius 1 is 0.958 bits per heavy atom. The van der Waals surface area contributed by atoms with Gasteiger partial charge in [-0.1, -0.05) is 12.1 Å². The number of fused-ring (bicyclic) bond motifs is 2. The van der Waals surface area contributed by atoms with Crippen molar-refractivity contribution in [2.45, 2.75) is 19.9 Å². The molecule has 0 spiro atoms. The molecule has 0 fully saturated rings. The van der Waals surface area contributed by atoms with Gasteiger partial charge in [-0.05, 0) is 44.2 Å². The summed E-state index contributed by atoms with van der Waals surface area (Å²) in [5.41, 5.74) is 3.60. The second-order valence-corrected chi connectivity index (χ2v) is 6.16. The van der Waals surface area contributed by atoms with Crippen LogP contribution in [0.15, 0.2) is 42.5 Å². The monoisotopic (exact) mass is 321 g/mol. The molecule has 0 aliphatic carbocycles. The maximum Gasteiger partial charge on any atom is 0.231 e. The van der Waals surface area contributed by atoms with E-state index in [1.807, 2.05) is 49.5 Å². The van der Waals surface area contributed by atoms with Crippen LogP contribution in [0.3, 0.4) is 0 Å². The van der Waals surface area contributed by atoms with E-state index in [-0.39, 0.29) is 6.79 Å². The van der Waals surface area contributed by atoms with Crippen molar-refractivity contribution < 1.29 is 9.47 Å². The first-order chi connectivity index (χ1) is 11.6. The molecule has 0 atom stereocenters. The standard InChI is InChI=1S/C19H19N3O2/c1-12(2)22(3)19-18(20-14-6-4-5-7-15(14)21-19)13-8-9-16-17(10-13)24-11-23-16/h4-10,12H,11H2,1-3H3. The lowest BCUT2D eigenvalue weighted by molar-refractivity contribution is 0.174. The smallest absolute Gasteiger partial charge is 0.231 e. The predicted octanol–water partition coefficient (Wildman–Crippen LogP) is 3.87. The van der Waals surface area contributed by atoms with Crippen molar-refractivity contribution in [2.24, 2.45) is 0 Å². The first-order valence-electron chi connectivity index (χ1n) is 8.03. The lowest BCUT2D eigenvalue weighted by Gasteiger charge is -2.25. The van der Waals surface area contributed by atoms with Crippen molar-refractivity contribution in [1.82, 2.24) is 9.97 Å². The summed E-state index contributed by atoms with van der Waals surface area (Å²) < 4.78 is 10.9. The van der Waals surface area contributed by atoms with E-state index in [9.17, 15) is 0 Å². The number of rotatable bonds is 3. The molecule has 0 saturated heterocycles. The van der Waals surface area contributed by atoms with Crippen molar-refractivity contribution >= 4 is 16.9 Å². The molecular weight excluding hydrogens is 302 g/mol. The van der Waals surface area contributed by atoms with E-state index < -0.39 is 0 Å². The minimum Gasteiger partial charge on any atom is -0.454 e. The molecule has 0 unspecified atom stereocenters. The summed E-state index contributed by atoms with van der Waals surface area (Å²) in [6.45, 7) is 4.54. The summed E-state index contributed by atoms with van der Waals surface area (Å²) in [7, 11) is 2.04. The Hall–Kier alpha value is -2.82. The molecule has 1 aromatic heterocycles. The number of ether oxygens (including phenoxy) is 2. The van der Waals surface area contributed by atoms with Gasteiger partial charge in [0.15, 0.2) is 17.3 Å². The molecule has 1 aliphatic rings.